The average molecular weight is 330 g/mol. The molecule has 1 atom stereocenters. The fraction of sp³-hybridized carbons (Fsp3) is 0.500. The number of aliphatic hydroxyl groups excluding tert-OH is 1. The van der Waals surface area contributed by atoms with Gasteiger partial charge in [-0.3, -0.25) is 9.79 Å². The molecule has 0 saturated carbocycles. The highest BCUT2D eigenvalue weighted by Gasteiger charge is 2.35. The topological polar surface area (TPSA) is 80.9 Å². The second-order valence-electron chi connectivity index (χ2n) is 5.78. The number of carbonyl (C=O) groups excluding carboxylic acids is 1. The Morgan fingerprint density at radius 2 is 2.12 bits per heavy atom. The van der Waals surface area contributed by atoms with Gasteiger partial charge in [-0.2, -0.15) is 0 Å². The van der Waals surface area contributed by atoms with E-state index < -0.39 is 12.1 Å². The fourth-order valence-electron chi connectivity index (χ4n) is 3.49. The van der Waals surface area contributed by atoms with Crippen molar-refractivity contribution < 1.29 is 14.6 Å². The number of allylic oxidation sites excluding steroid dienone is 1. The summed E-state index contributed by atoms with van der Waals surface area (Å²) in [4.78, 5) is 28.8. The quantitative estimate of drug-likeness (QED) is 0.797. The van der Waals surface area contributed by atoms with Crippen molar-refractivity contribution in [3.8, 4) is 0 Å². The predicted molar refractivity (Wildman–Crippen MR) is 90.1 cm³/mol. The van der Waals surface area contributed by atoms with Gasteiger partial charge in [-0.05, 0) is 24.5 Å². The van der Waals surface area contributed by atoms with E-state index in [0.29, 0.717) is 23.4 Å². The fourth-order valence-corrected chi connectivity index (χ4v) is 3.49. The molecule has 1 aromatic heterocycles. The third-order valence-corrected chi connectivity index (χ3v) is 4.69. The summed E-state index contributed by atoms with van der Waals surface area (Å²) in [5.41, 5.74) is 4.54. The minimum atomic E-state index is -1.38. The van der Waals surface area contributed by atoms with Crippen LogP contribution in [-0.2, 0) is 22.7 Å². The molecule has 0 fully saturated rings. The number of ether oxygens (including phenoxy) is 1. The number of aliphatic hydroxyl groups is 1. The van der Waals surface area contributed by atoms with Crippen LogP contribution in [0.1, 0.15) is 56.5 Å². The number of fused-ring (bicyclic) bond motifs is 4. The van der Waals surface area contributed by atoms with E-state index >= 15 is 0 Å². The number of aromatic nitrogens is 1. The van der Waals surface area contributed by atoms with Crippen LogP contribution in [0.5, 0.6) is 0 Å². The maximum atomic E-state index is 12.7. The van der Waals surface area contributed by atoms with Crippen molar-refractivity contribution in [3.05, 3.63) is 44.4 Å². The lowest BCUT2D eigenvalue weighted by molar-refractivity contribution is -0.157. The minimum Gasteiger partial charge on any atom is -0.458 e. The Morgan fingerprint density at radius 3 is 2.83 bits per heavy atom. The molecule has 4 rings (SSSR count). The smallest absolute Gasteiger partial charge is 0.340 e. The number of hydrogen-bond acceptors (Lipinski definition) is 5. The molecule has 24 heavy (non-hydrogen) atoms. The van der Waals surface area contributed by atoms with Crippen LogP contribution in [0.15, 0.2) is 27.0 Å². The summed E-state index contributed by atoms with van der Waals surface area (Å²) < 4.78 is 6.55. The van der Waals surface area contributed by atoms with E-state index in [4.69, 9.17) is 4.74 Å². The first-order valence-electron chi connectivity index (χ1n) is 8.49. The Bertz CT molecular complexity index is 817. The lowest BCUT2D eigenvalue weighted by Crippen LogP contribution is -2.33. The molecule has 0 aromatic carbocycles. The van der Waals surface area contributed by atoms with Crippen LogP contribution in [0.4, 0.5) is 0 Å². The Balaban J connectivity index is 0.000000815. The monoisotopic (exact) mass is 330 g/mol. The number of rotatable bonds is 1. The van der Waals surface area contributed by atoms with Gasteiger partial charge in [0.15, 0.2) is 6.10 Å². The van der Waals surface area contributed by atoms with Gasteiger partial charge < -0.3 is 14.4 Å². The number of carbonyl (C=O) groups is 1. The molecule has 6 heteroatoms. The molecule has 128 valence electrons. The van der Waals surface area contributed by atoms with Crippen LogP contribution in [0.25, 0.3) is 0 Å². The van der Waals surface area contributed by atoms with Crippen molar-refractivity contribution in [3.63, 3.8) is 0 Å². The first kappa shape index (κ1) is 16.6. The highest BCUT2D eigenvalue weighted by Crippen LogP contribution is 2.32. The number of aliphatic imine (C=N–C) groups is 1. The van der Waals surface area contributed by atoms with Gasteiger partial charge in [0.2, 0.25) is 0 Å². The zero-order chi connectivity index (χ0) is 17.4. The highest BCUT2D eigenvalue weighted by molar-refractivity contribution is 6.14. The summed E-state index contributed by atoms with van der Waals surface area (Å²) >= 11 is 0. The first-order chi connectivity index (χ1) is 11.6. The van der Waals surface area contributed by atoms with Crippen LogP contribution in [0, 0.1) is 0 Å². The van der Waals surface area contributed by atoms with Crippen LogP contribution < -0.4 is 5.56 Å². The summed E-state index contributed by atoms with van der Waals surface area (Å²) in [6.07, 6.45) is 0.494. The summed E-state index contributed by atoms with van der Waals surface area (Å²) in [6, 6.07) is 1.73. The van der Waals surface area contributed by atoms with Gasteiger partial charge in [-0.15, -0.1) is 0 Å². The van der Waals surface area contributed by atoms with E-state index in [1.165, 1.54) is 5.57 Å². The van der Waals surface area contributed by atoms with Gasteiger partial charge in [-0.25, -0.2) is 4.79 Å². The van der Waals surface area contributed by atoms with E-state index in [9.17, 15) is 14.7 Å². The van der Waals surface area contributed by atoms with Crippen molar-refractivity contribution in [2.24, 2.45) is 4.99 Å². The lowest BCUT2D eigenvalue weighted by atomic mass is 9.95. The van der Waals surface area contributed by atoms with Crippen molar-refractivity contribution in [1.29, 1.82) is 0 Å². The molecule has 0 amide bonds. The Kier molecular flexibility index (Phi) is 4.41. The van der Waals surface area contributed by atoms with Gasteiger partial charge in [0.05, 0.1) is 23.5 Å². The molecular formula is C18H22N2O4. The van der Waals surface area contributed by atoms with Crippen molar-refractivity contribution in [2.75, 3.05) is 6.54 Å². The standard InChI is InChI=1S/C16H16N2O4.C2H6/c1-2-8-3-4-17-13-10(8)6-18-12(13)5-9-11(15(18)20)7-22-16(21)14(9)19;1-2/h5,14,19H,2-4,6-7H2,1H3;1-2H3. The third kappa shape index (κ3) is 2.33. The van der Waals surface area contributed by atoms with Gasteiger partial charge in [-0.1, -0.05) is 26.3 Å². The van der Waals surface area contributed by atoms with Gasteiger partial charge in [0.1, 0.15) is 6.61 Å². The van der Waals surface area contributed by atoms with Gasteiger partial charge in [0, 0.05) is 12.1 Å². The Labute approximate surface area is 140 Å². The summed E-state index contributed by atoms with van der Waals surface area (Å²) in [6.45, 7) is 7.28. The summed E-state index contributed by atoms with van der Waals surface area (Å²) in [5.74, 6) is -0.703. The largest absolute Gasteiger partial charge is 0.458 e. The number of pyridine rings is 1. The van der Waals surface area contributed by atoms with Crippen LogP contribution in [0.2, 0.25) is 0 Å². The molecule has 0 radical (unpaired) electrons. The van der Waals surface area contributed by atoms with E-state index in [-0.39, 0.29) is 12.2 Å². The molecule has 1 N–H and O–H groups in total. The van der Waals surface area contributed by atoms with E-state index in [1.54, 1.807) is 10.6 Å². The average Bonchev–Trinajstić information content (AvgIpc) is 3.00. The molecule has 1 aromatic rings. The molecule has 1 unspecified atom stereocenters. The Hall–Kier alpha value is -2.21. The van der Waals surface area contributed by atoms with E-state index in [1.807, 2.05) is 13.8 Å². The number of esters is 1. The number of nitrogens with zero attached hydrogens (tertiary/aromatic N) is 2. The zero-order valence-electron chi connectivity index (χ0n) is 14.3. The maximum absolute atomic E-state index is 12.7. The van der Waals surface area contributed by atoms with Crippen LogP contribution in [0.3, 0.4) is 0 Å². The summed E-state index contributed by atoms with van der Waals surface area (Å²) in [5, 5.41) is 10.0. The molecule has 0 saturated heterocycles. The molecule has 3 aliphatic heterocycles. The van der Waals surface area contributed by atoms with E-state index in [2.05, 4.69) is 11.9 Å². The molecule has 0 bridgehead atoms. The second-order valence-corrected chi connectivity index (χ2v) is 5.78. The SMILES string of the molecule is CC.CCC1=C2Cn3c(cc4c(c3=O)COC(=O)C4O)C2=NCC1. The van der Waals surface area contributed by atoms with Crippen LogP contribution >= 0.6 is 0 Å². The number of dihydropyridines is 1. The predicted octanol–water partition coefficient (Wildman–Crippen LogP) is 1.88. The lowest BCUT2D eigenvalue weighted by Gasteiger charge is -2.21. The zero-order valence-corrected chi connectivity index (χ0v) is 14.3. The van der Waals surface area contributed by atoms with Crippen molar-refractivity contribution in [2.45, 2.75) is 52.9 Å². The van der Waals surface area contributed by atoms with Crippen LogP contribution in [-0.4, -0.2) is 27.9 Å². The van der Waals surface area contributed by atoms with Gasteiger partial charge in [0.25, 0.3) is 5.56 Å². The first-order valence-corrected chi connectivity index (χ1v) is 8.49. The molecule has 4 heterocycles. The highest BCUT2D eigenvalue weighted by atomic mass is 16.5. The molecule has 3 aliphatic rings. The number of cyclic esters (lactones) is 1. The second kappa shape index (κ2) is 6.36. The summed E-state index contributed by atoms with van der Waals surface area (Å²) in [7, 11) is 0. The minimum absolute atomic E-state index is 0.0729. The normalized spacial score (nSPS) is 21.1. The van der Waals surface area contributed by atoms with Gasteiger partial charge >= 0.3 is 5.97 Å². The maximum Gasteiger partial charge on any atom is 0.340 e. The molecule has 0 spiro atoms. The number of hydrogen-bond donors (Lipinski definition) is 1. The van der Waals surface area contributed by atoms with Crippen molar-refractivity contribution in [1.82, 2.24) is 4.57 Å². The third-order valence-electron chi connectivity index (χ3n) is 4.69. The van der Waals surface area contributed by atoms with Crippen molar-refractivity contribution >= 4 is 11.7 Å². The van der Waals surface area contributed by atoms with E-state index in [0.717, 1.165) is 30.7 Å². The molecular weight excluding hydrogens is 308 g/mol. The Morgan fingerprint density at radius 1 is 1.38 bits per heavy atom. The molecule has 6 nitrogen and oxygen atoms in total. The molecule has 0 aliphatic carbocycles.